The lowest BCUT2D eigenvalue weighted by Gasteiger charge is -2.36. The summed E-state index contributed by atoms with van der Waals surface area (Å²) < 4.78 is 31.2. The Labute approximate surface area is 154 Å². The minimum Gasteiger partial charge on any atom is -0.385 e. The van der Waals surface area contributed by atoms with Crippen LogP contribution in [0.2, 0.25) is 0 Å². The molecule has 2 aliphatic rings. The van der Waals surface area contributed by atoms with Gasteiger partial charge in [0.1, 0.15) is 23.7 Å². The molecule has 1 aromatic carbocycles. The first-order chi connectivity index (χ1) is 12.6. The highest BCUT2D eigenvalue weighted by molar-refractivity contribution is 8.14. The minimum atomic E-state index is -1.56. The molecule has 1 N–H and O–H groups in total. The SMILES string of the molecule is CCNC(=O)OC1=N[C@@H]2[C@@H](F)[C@H](OCc3ccccc3)[C@@H](C=O)O[C@@H]2S1. The van der Waals surface area contributed by atoms with Crippen molar-refractivity contribution in [3.8, 4) is 0 Å². The molecule has 0 unspecified atom stereocenters. The molecule has 2 heterocycles. The molecule has 26 heavy (non-hydrogen) atoms. The highest BCUT2D eigenvalue weighted by atomic mass is 32.2. The smallest absolute Gasteiger partial charge is 0.385 e. The monoisotopic (exact) mass is 382 g/mol. The number of thioether (sulfide) groups is 1. The molecule has 3 rings (SSSR count). The molecular formula is C17H19FN2O5S. The fourth-order valence-corrected chi connectivity index (χ4v) is 3.73. The Hall–Kier alpha value is -1.97. The maximum Gasteiger partial charge on any atom is 0.414 e. The fourth-order valence-electron chi connectivity index (χ4n) is 2.69. The number of fused-ring (bicyclic) bond motifs is 1. The fraction of sp³-hybridized carbons (Fsp3) is 0.471. The summed E-state index contributed by atoms with van der Waals surface area (Å²) in [4.78, 5) is 26.9. The second-order valence-corrected chi connectivity index (χ2v) is 6.78. The van der Waals surface area contributed by atoms with Crippen molar-refractivity contribution in [3.63, 3.8) is 0 Å². The Morgan fingerprint density at radius 1 is 1.42 bits per heavy atom. The summed E-state index contributed by atoms with van der Waals surface area (Å²) in [5, 5.41) is 2.48. The maximum absolute atomic E-state index is 15.0. The van der Waals surface area contributed by atoms with Crippen molar-refractivity contribution in [2.24, 2.45) is 4.99 Å². The number of carbonyl (C=O) groups is 2. The molecule has 0 bridgehead atoms. The molecule has 0 saturated carbocycles. The molecule has 1 amide bonds. The zero-order chi connectivity index (χ0) is 18.5. The van der Waals surface area contributed by atoms with Gasteiger partial charge in [-0.1, -0.05) is 30.3 Å². The van der Waals surface area contributed by atoms with Gasteiger partial charge in [-0.3, -0.25) is 0 Å². The van der Waals surface area contributed by atoms with E-state index in [1.165, 1.54) is 0 Å². The lowest BCUT2D eigenvalue weighted by molar-refractivity contribution is -0.164. The maximum atomic E-state index is 15.0. The molecular weight excluding hydrogens is 363 g/mol. The molecule has 0 aliphatic carbocycles. The molecule has 5 atom stereocenters. The van der Waals surface area contributed by atoms with Crippen LogP contribution in [0.3, 0.4) is 0 Å². The van der Waals surface area contributed by atoms with Gasteiger partial charge in [-0.2, -0.15) is 0 Å². The van der Waals surface area contributed by atoms with E-state index < -0.39 is 36.0 Å². The third-order valence-electron chi connectivity index (χ3n) is 3.93. The van der Waals surface area contributed by atoms with E-state index in [-0.39, 0.29) is 11.8 Å². The van der Waals surface area contributed by atoms with Crippen molar-refractivity contribution in [3.05, 3.63) is 35.9 Å². The molecule has 1 saturated heterocycles. The van der Waals surface area contributed by atoms with Gasteiger partial charge in [0.25, 0.3) is 5.23 Å². The molecule has 1 fully saturated rings. The van der Waals surface area contributed by atoms with Crippen molar-refractivity contribution < 1.29 is 28.2 Å². The van der Waals surface area contributed by atoms with Gasteiger partial charge >= 0.3 is 6.09 Å². The lowest BCUT2D eigenvalue weighted by atomic mass is 10.00. The highest BCUT2D eigenvalue weighted by Crippen LogP contribution is 2.38. The standard InChI is InChI=1S/C17H19FN2O5S/c1-2-19-16(22)25-17-20-13-12(18)14(11(8-21)24-15(13)26-17)23-9-10-6-4-3-5-7-10/h3-8,11-15H,2,9H2,1H3,(H,19,22)/t11-,12-,13-,14-,15-/m1/s1. The molecule has 1 aromatic rings. The predicted octanol–water partition coefficient (Wildman–Crippen LogP) is 2.05. The van der Waals surface area contributed by atoms with Crippen LogP contribution < -0.4 is 5.32 Å². The summed E-state index contributed by atoms with van der Waals surface area (Å²) in [6.45, 7) is 2.29. The van der Waals surface area contributed by atoms with E-state index in [9.17, 15) is 14.0 Å². The van der Waals surface area contributed by atoms with Crippen molar-refractivity contribution >= 4 is 29.4 Å². The Morgan fingerprint density at radius 2 is 2.19 bits per heavy atom. The van der Waals surface area contributed by atoms with Crippen LogP contribution in [0.25, 0.3) is 0 Å². The number of nitrogens with one attached hydrogen (secondary N) is 1. The van der Waals surface area contributed by atoms with E-state index in [0.29, 0.717) is 12.8 Å². The van der Waals surface area contributed by atoms with E-state index in [1.807, 2.05) is 30.3 Å². The number of benzene rings is 1. The van der Waals surface area contributed by atoms with Gasteiger partial charge in [0.15, 0.2) is 12.5 Å². The summed E-state index contributed by atoms with van der Waals surface area (Å²) in [5.74, 6) is 0. The first kappa shape index (κ1) is 18.8. The van der Waals surface area contributed by atoms with E-state index in [2.05, 4.69) is 10.3 Å². The van der Waals surface area contributed by atoms with Crippen LogP contribution in [0.15, 0.2) is 35.3 Å². The normalized spacial score (nSPS) is 30.2. The number of alkyl carbamates (subject to hydrolysis) is 1. The molecule has 9 heteroatoms. The van der Waals surface area contributed by atoms with Gasteiger partial charge in [0.2, 0.25) is 0 Å². The molecule has 0 spiro atoms. The van der Waals surface area contributed by atoms with Crippen molar-refractivity contribution in [1.29, 1.82) is 0 Å². The largest absolute Gasteiger partial charge is 0.414 e. The van der Waals surface area contributed by atoms with Gasteiger partial charge in [0, 0.05) is 6.54 Å². The number of aldehydes is 1. The molecule has 140 valence electrons. The second kappa shape index (κ2) is 8.61. The van der Waals surface area contributed by atoms with E-state index in [4.69, 9.17) is 14.2 Å². The number of aliphatic imine (C=N–C) groups is 1. The second-order valence-electron chi connectivity index (χ2n) is 5.73. The van der Waals surface area contributed by atoms with E-state index >= 15 is 0 Å². The van der Waals surface area contributed by atoms with Crippen molar-refractivity contribution in [1.82, 2.24) is 5.32 Å². The van der Waals surface area contributed by atoms with Gasteiger partial charge in [-0.15, -0.1) is 0 Å². The number of amides is 1. The van der Waals surface area contributed by atoms with Gasteiger partial charge in [-0.25, -0.2) is 14.2 Å². The zero-order valence-corrected chi connectivity index (χ0v) is 14.9. The number of alkyl halides is 1. The predicted molar refractivity (Wildman–Crippen MR) is 93.6 cm³/mol. The topological polar surface area (TPSA) is 86.2 Å². The van der Waals surface area contributed by atoms with Gasteiger partial charge < -0.3 is 24.3 Å². The van der Waals surface area contributed by atoms with Gasteiger partial charge in [-0.05, 0) is 24.2 Å². The van der Waals surface area contributed by atoms with E-state index in [0.717, 1.165) is 17.3 Å². The lowest BCUT2D eigenvalue weighted by Crippen LogP contribution is -2.54. The molecule has 7 nitrogen and oxygen atoms in total. The minimum absolute atomic E-state index is 0.0157. The summed E-state index contributed by atoms with van der Waals surface area (Å²) >= 11 is 0.978. The first-order valence-corrected chi connectivity index (χ1v) is 9.10. The van der Waals surface area contributed by atoms with Crippen LogP contribution in [0, 0.1) is 0 Å². The van der Waals surface area contributed by atoms with Gasteiger partial charge in [0.05, 0.1) is 6.61 Å². The highest BCUT2D eigenvalue weighted by Gasteiger charge is 2.51. The van der Waals surface area contributed by atoms with Crippen LogP contribution >= 0.6 is 11.8 Å². The average molecular weight is 382 g/mol. The Kier molecular flexibility index (Phi) is 6.23. The summed E-state index contributed by atoms with van der Waals surface area (Å²) in [5.41, 5.74) is 0.122. The number of rotatable bonds is 5. The third kappa shape index (κ3) is 4.22. The number of carbonyl (C=O) groups excluding carboxylic acids is 2. The van der Waals surface area contributed by atoms with Crippen LogP contribution in [0.4, 0.5) is 9.18 Å². The van der Waals surface area contributed by atoms with Crippen molar-refractivity contribution in [2.45, 2.75) is 43.4 Å². The zero-order valence-electron chi connectivity index (χ0n) is 14.0. The van der Waals surface area contributed by atoms with Crippen LogP contribution in [0.1, 0.15) is 12.5 Å². The average Bonchev–Trinajstić information content (AvgIpc) is 3.04. The summed E-state index contributed by atoms with van der Waals surface area (Å²) in [7, 11) is 0. The summed E-state index contributed by atoms with van der Waals surface area (Å²) in [6, 6.07) is 8.35. The van der Waals surface area contributed by atoms with Crippen molar-refractivity contribution in [2.75, 3.05) is 6.54 Å². The Morgan fingerprint density at radius 3 is 2.88 bits per heavy atom. The molecule has 2 aliphatic heterocycles. The number of ether oxygens (including phenoxy) is 3. The number of hydrogen-bond donors (Lipinski definition) is 1. The van der Waals surface area contributed by atoms with Crippen LogP contribution in [0.5, 0.6) is 0 Å². The first-order valence-electron chi connectivity index (χ1n) is 8.23. The Bertz CT molecular complexity index is 674. The molecule has 0 aromatic heterocycles. The van der Waals surface area contributed by atoms with Crippen LogP contribution in [-0.4, -0.2) is 54.0 Å². The number of hydrogen-bond acceptors (Lipinski definition) is 7. The number of nitrogens with zero attached hydrogens (tertiary/aromatic N) is 1. The van der Waals surface area contributed by atoms with Crippen LogP contribution in [-0.2, 0) is 25.6 Å². The number of halogens is 1. The Balaban J connectivity index is 1.66. The quantitative estimate of drug-likeness (QED) is 0.785. The molecule has 0 radical (unpaired) electrons. The summed E-state index contributed by atoms with van der Waals surface area (Å²) in [6.07, 6.45) is -3.84. The third-order valence-corrected chi connectivity index (χ3v) is 4.94. The van der Waals surface area contributed by atoms with E-state index in [1.54, 1.807) is 6.92 Å².